The van der Waals surface area contributed by atoms with E-state index in [0.29, 0.717) is 6.54 Å². The van der Waals surface area contributed by atoms with Gasteiger partial charge in [-0.1, -0.05) is 6.07 Å². The molecule has 0 saturated carbocycles. The SMILES string of the molecule is NC(=O)CN1CCCC(C(=O)N2CCCCC2c2ccccn2)C1. The molecule has 1 aromatic rings. The zero-order valence-corrected chi connectivity index (χ0v) is 14.1. The van der Waals surface area contributed by atoms with Gasteiger partial charge in [-0.25, -0.2) is 0 Å². The molecule has 3 rings (SSSR count). The van der Waals surface area contributed by atoms with E-state index in [1.807, 2.05) is 28.0 Å². The van der Waals surface area contributed by atoms with Gasteiger partial charge in [-0.05, 0) is 50.8 Å². The van der Waals surface area contributed by atoms with Crippen molar-refractivity contribution in [1.29, 1.82) is 0 Å². The number of carbonyl (C=O) groups excluding carboxylic acids is 2. The van der Waals surface area contributed by atoms with Crippen molar-refractivity contribution in [3.05, 3.63) is 30.1 Å². The van der Waals surface area contributed by atoms with Crippen LogP contribution >= 0.6 is 0 Å². The molecule has 2 aliphatic heterocycles. The number of aromatic nitrogens is 1. The number of rotatable bonds is 4. The molecule has 2 aliphatic rings. The molecule has 0 aliphatic carbocycles. The van der Waals surface area contributed by atoms with Crippen LogP contribution in [0.2, 0.25) is 0 Å². The molecule has 2 amide bonds. The first-order chi connectivity index (χ1) is 11.6. The molecule has 130 valence electrons. The molecule has 3 heterocycles. The topological polar surface area (TPSA) is 79.5 Å². The summed E-state index contributed by atoms with van der Waals surface area (Å²) in [5, 5.41) is 0. The molecule has 0 bridgehead atoms. The Morgan fingerprint density at radius 3 is 2.79 bits per heavy atom. The normalized spacial score (nSPS) is 25.4. The second kappa shape index (κ2) is 7.75. The third-order valence-electron chi connectivity index (χ3n) is 5.05. The van der Waals surface area contributed by atoms with Gasteiger partial charge in [-0.15, -0.1) is 0 Å². The third kappa shape index (κ3) is 3.93. The maximum absolute atomic E-state index is 13.1. The van der Waals surface area contributed by atoms with Crippen molar-refractivity contribution in [2.75, 3.05) is 26.2 Å². The van der Waals surface area contributed by atoms with Gasteiger partial charge in [0.25, 0.3) is 0 Å². The molecule has 0 spiro atoms. The van der Waals surface area contributed by atoms with Gasteiger partial charge in [-0.2, -0.15) is 0 Å². The summed E-state index contributed by atoms with van der Waals surface area (Å²) in [6.45, 7) is 2.52. The maximum atomic E-state index is 13.1. The molecule has 1 aromatic heterocycles. The Morgan fingerprint density at radius 2 is 2.04 bits per heavy atom. The Labute approximate surface area is 143 Å². The predicted octanol–water partition coefficient (Wildman–Crippen LogP) is 1.33. The van der Waals surface area contributed by atoms with E-state index in [0.717, 1.165) is 50.9 Å². The number of carbonyl (C=O) groups is 2. The number of nitrogens with two attached hydrogens (primary N) is 1. The van der Waals surface area contributed by atoms with Crippen molar-refractivity contribution in [3.63, 3.8) is 0 Å². The third-order valence-corrected chi connectivity index (χ3v) is 5.05. The van der Waals surface area contributed by atoms with Gasteiger partial charge in [0.05, 0.1) is 24.2 Å². The van der Waals surface area contributed by atoms with Crippen molar-refractivity contribution in [2.24, 2.45) is 11.7 Å². The number of amides is 2. The standard InChI is InChI=1S/C18H26N4O2/c19-17(23)13-21-10-5-6-14(12-21)18(24)22-11-4-2-8-16(22)15-7-1-3-9-20-15/h1,3,7,9,14,16H,2,4-6,8,10-13H2,(H2,19,23). The van der Waals surface area contributed by atoms with Crippen LogP contribution in [-0.4, -0.2) is 52.8 Å². The average Bonchev–Trinajstić information content (AvgIpc) is 2.61. The molecule has 2 N–H and O–H groups in total. The lowest BCUT2D eigenvalue weighted by atomic mass is 9.92. The monoisotopic (exact) mass is 330 g/mol. The Kier molecular flexibility index (Phi) is 5.45. The molecular weight excluding hydrogens is 304 g/mol. The summed E-state index contributed by atoms with van der Waals surface area (Å²) >= 11 is 0. The van der Waals surface area contributed by atoms with Crippen LogP contribution in [0.1, 0.15) is 43.8 Å². The van der Waals surface area contributed by atoms with E-state index in [4.69, 9.17) is 5.73 Å². The van der Waals surface area contributed by atoms with Gasteiger partial charge in [-0.3, -0.25) is 19.5 Å². The van der Waals surface area contributed by atoms with Gasteiger partial charge in [0.1, 0.15) is 0 Å². The molecule has 2 saturated heterocycles. The molecule has 6 nitrogen and oxygen atoms in total. The first kappa shape index (κ1) is 16.9. The van der Waals surface area contributed by atoms with E-state index < -0.39 is 0 Å². The van der Waals surface area contributed by atoms with E-state index >= 15 is 0 Å². The average molecular weight is 330 g/mol. The highest BCUT2D eigenvalue weighted by atomic mass is 16.2. The largest absolute Gasteiger partial charge is 0.369 e. The van der Waals surface area contributed by atoms with Crippen LogP contribution in [0.25, 0.3) is 0 Å². The molecule has 0 radical (unpaired) electrons. The van der Waals surface area contributed by atoms with Crippen LogP contribution in [0.15, 0.2) is 24.4 Å². The van der Waals surface area contributed by atoms with Crippen LogP contribution in [0, 0.1) is 5.92 Å². The van der Waals surface area contributed by atoms with Gasteiger partial charge in [0.15, 0.2) is 0 Å². The van der Waals surface area contributed by atoms with Gasteiger partial charge in [0, 0.05) is 19.3 Å². The van der Waals surface area contributed by atoms with E-state index in [1.54, 1.807) is 6.20 Å². The molecule has 2 unspecified atom stereocenters. The number of nitrogens with zero attached hydrogens (tertiary/aromatic N) is 3. The molecule has 24 heavy (non-hydrogen) atoms. The first-order valence-corrected chi connectivity index (χ1v) is 8.87. The summed E-state index contributed by atoms with van der Waals surface area (Å²) in [5.41, 5.74) is 6.28. The molecular formula is C18H26N4O2. The molecule has 2 fully saturated rings. The number of likely N-dealkylation sites (tertiary alicyclic amines) is 2. The number of piperidine rings is 2. The van der Waals surface area contributed by atoms with Crippen LogP contribution in [-0.2, 0) is 9.59 Å². The zero-order chi connectivity index (χ0) is 16.9. The quantitative estimate of drug-likeness (QED) is 0.903. The number of hydrogen-bond acceptors (Lipinski definition) is 4. The summed E-state index contributed by atoms with van der Waals surface area (Å²) in [4.78, 5) is 32.8. The maximum Gasteiger partial charge on any atom is 0.231 e. The van der Waals surface area contributed by atoms with E-state index in [-0.39, 0.29) is 30.3 Å². The van der Waals surface area contributed by atoms with Gasteiger partial charge < -0.3 is 10.6 Å². The summed E-state index contributed by atoms with van der Waals surface area (Å²) in [7, 11) is 0. The summed E-state index contributed by atoms with van der Waals surface area (Å²) in [6, 6.07) is 5.98. The van der Waals surface area contributed by atoms with Gasteiger partial charge >= 0.3 is 0 Å². The van der Waals surface area contributed by atoms with Crippen LogP contribution < -0.4 is 5.73 Å². The van der Waals surface area contributed by atoms with E-state index in [1.165, 1.54) is 0 Å². The Balaban J connectivity index is 1.71. The van der Waals surface area contributed by atoms with E-state index in [2.05, 4.69) is 4.98 Å². The summed E-state index contributed by atoms with van der Waals surface area (Å²) in [5.74, 6) is -0.158. The fourth-order valence-electron chi connectivity index (χ4n) is 3.93. The minimum absolute atomic E-state index is 0.0394. The zero-order valence-electron chi connectivity index (χ0n) is 14.1. The lowest BCUT2D eigenvalue weighted by Gasteiger charge is -2.40. The van der Waals surface area contributed by atoms with Crippen molar-refractivity contribution in [2.45, 2.75) is 38.1 Å². The number of hydrogen-bond donors (Lipinski definition) is 1. The van der Waals surface area contributed by atoms with Gasteiger partial charge in [0.2, 0.25) is 11.8 Å². The molecule has 2 atom stereocenters. The minimum Gasteiger partial charge on any atom is -0.369 e. The van der Waals surface area contributed by atoms with Crippen LogP contribution in [0.4, 0.5) is 0 Å². The van der Waals surface area contributed by atoms with Crippen molar-refractivity contribution >= 4 is 11.8 Å². The Hall–Kier alpha value is -1.95. The van der Waals surface area contributed by atoms with Crippen molar-refractivity contribution < 1.29 is 9.59 Å². The second-order valence-electron chi connectivity index (χ2n) is 6.84. The number of pyridine rings is 1. The molecule has 0 aromatic carbocycles. The fourth-order valence-corrected chi connectivity index (χ4v) is 3.93. The van der Waals surface area contributed by atoms with Crippen molar-refractivity contribution in [1.82, 2.24) is 14.8 Å². The summed E-state index contributed by atoms with van der Waals surface area (Å²) in [6.07, 6.45) is 6.77. The smallest absolute Gasteiger partial charge is 0.231 e. The van der Waals surface area contributed by atoms with Crippen LogP contribution in [0.5, 0.6) is 0 Å². The lowest BCUT2D eigenvalue weighted by molar-refractivity contribution is -0.142. The lowest BCUT2D eigenvalue weighted by Crippen LogP contribution is -2.48. The summed E-state index contributed by atoms with van der Waals surface area (Å²) < 4.78 is 0. The van der Waals surface area contributed by atoms with Crippen LogP contribution in [0.3, 0.4) is 0 Å². The highest BCUT2D eigenvalue weighted by molar-refractivity contribution is 5.80. The van der Waals surface area contributed by atoms with Crippen molar-refractivity contribution in [3.8, 4) is 0 Å². The second-order valence-corrected chi connectivity index (χ2v) is 6.84. The Bertz CT molecular complexity index is 578. The van der Waals surface area contributed by atoms with E-state index in [9.17, 15) is 9.59 Å². The molecule has 6 heteroatoms. The highest BCUT2D eigenvalue weighted by Crippen LogP contribution is 2.32. The first-order valence-electron chi connectivity index (χ1n) is 8.87. The minimum atomic E-state index is -0.326. The number of primary amides is 1. The predicted molar refractivity (Wildman–Crippen MR) is 90.9 cm³/mol. The highest BCUT2D eigenvalue weighted by Gasteiger charge is 2.35. The Morgan fingerprint density at radius 1 is 1.17 bits per heavy atom. The fraction of sp³-hybridized carbons (Fsp3) is 0.611.